The van der Waals surface area contributed by atoms with Crippen LogP contribution >= 0.6 is 0 Å². The van der Waals surface area contributed by atoms with E-state index in [0.717, 1.165) is 17.3 Å². The van der Waals surface area contributed by atoms with Crippen LogP contribution in [0, 0.1) is 0 Å². The second-order valence-electron chi connectivity index (χ2n) is 8.81. The first-order valence-corrected chi connectivity index (χ1v) is 9.54. The van der Waals surface area contributed by atoms with Crippen LogP contribution in [0.3, 0.4) is 0 Å². The van der Waals surface area contributed by atoms with Crippen LogP contribution in [0.4, 0.5) is 0 Å². The Morgan fingerprint density at radius 1 is 0.926 bits per heavy atom. The van der Waals surface area contributed by atoms with Gasteiger partial charge in [0.25, 0.3) is 5.91 Å². The zero-order chi connectivity index (χ0) is 19.2. The maximum Gasteiger partial charge on any atom is 0.273 e. The second kappa shape index (κ2) is 6.19. The molecule has 1 aliphatic heterocycles. The largest absolute Gasteiger partial charge is 0.328 e. The van der Waals surface area contributed by atoms with Crippen LogP contribution in [0.15, 0.2) is 60.7 Å². The molecule has 3 aromatic rings. The van der Waals surface area contributed by atoms with Gasteiger partial charge in [-0.15, -0.1) is 0 Å². The molecule has 1 amide bonds. The van der Waals surface area contributed by atoms with E-state index in [9.17, 15) is 4.79 Å². The van der Waals surface area contributed by atoms with Crippen molar-refractivity contribution >= 4 is 16.8 Å². The molecule has 0 saturated carbocycles. The predicted molar refractivity (Wildman–Crippen MR) is 110 cm³/mol. The fourth-order valence-electron chi connectivity index (χ4n) is 4.65. The number of nitrogens with zero attached hydrogens (tertiary/aromatic N) is 2. The lowest BCUT2D eigenvalue weighted by Gasteiger charge is -2.40. The number of rotatable bonds is 1. The van der Waals surface area contributed by atoms with Gasteiger partial charge in [0.1, 0.15) is 5.69 Å². The summed E-state index contributed by atoms with van der Waals surface area (Å²) in [7, 11) is 0. The Kier molecular flexibility index (Phi) is 4.06. The van der Waals surface area contributed by atoms with Crippen molar-refractivity contribution in [2.24, 2.45) is 0 Å². The first-order valence-electron chi connectivity index (χ1n) is 9.54. The number of fused-ring (bicyclic) bond motifs is 2. The first-order chi connectivity index (χ1) is 12.8. The van der Waals surface area contributed by atoms with Crippen LogP contribution in [-0.2, 0) is 12.0 Å². The van der Waals surface area contributed by atoms with Gasteiger partial charge in [-0.2, -0.15) is 0 Å². The quantitative estimate of drug-likeness (QED) is 0.588. The van der Waals surface area contributed by atoms with Gasteiger partial charge < -0.3 is 4.90 Å². The number of para-hydroxylation sites is 1. The van der Waals surface area contributed by atoms with Gasteiger partial charge in [0.2, 0.25) is 0 Å². The van der Waals surface area contributed by atoms with Gasteiger partial charge in [-0.3, -0.25) is 4.79 Å². The molecule has 4 rings (SSSR count). The van der Waals surface area contributed by atoms with Crippen molar-refractivity contribution in [1.82, 2.24) is 9.88 Å². The molecule has 0 radical (unpaired) electrons. The average molecular weight is 358 g/mol. The van der Waals surface area contributed by atoms with Crippen LogP contribution in [0.1, 0.15) is 55.7 Å². The van der Waals surface area contributed by atoms with E-state index in [0.29, 0.717) is 12.2 Å². The average Bonchev–Trinajstić information content (AvgIpc) is 2.72. The molecule has 0 spiro atoms. The highest BCUT2D eigenvalue weighted by Crippen LogP contribution is 2.41. The lowest BCUT2D eigenvalue weighted by atomic mass is 9.75. The summed E-state index contributed by atoms with van der Waals surface area (Å²) in [5.74, 6) is -0.00161. The first kappa shape index (κ1) is 17.7. The Hall–Kier alpha value is -2.68. The van der Waals surface area contributed by atoms with Crippen molar-refractivity contribution in [3.8, 4) is 0 Å². The molecule has 0 saturated heterocycles. The lowest BCUT2D eigenvalue weighted by molar-refractivity contribution is 0.0477. The molecule has 0 fully saturated rings. The molecule has 3 nitrogen and oxygen atoms in total. The minimum Gasteiger partial charge on any atom is -0.328 e. The Labute approximate surface area is 161 Å². The number of benzene rings is 2. The molecule has 2 aromatic carbocycles. The van der Waals surface area contributed by atoms with E-state index < -0.39 is 0 Å². The van der Waals surface area contributed by atoms with Gasteiger partial charge in [-0.25, -0.2) is 4.98 Å². The van der Waals surface area contributed by atoms with Crippen LogP contribution in [0.2, 0.25) is 0 Å². The zero-order valence-corrected chi connectivity index (χ0v) is 16.5. The van der Waals surface area contributed by atoms with E-state index in [2.05, 4.69) is 56.9 Å². The van der Waals surface area contributed by atoms with Gasteiger partial charge >= 0.3 is 0 Å². The van der Waals surface area contributed by atoms with Crippen LogP contribution in [0.25, 0.3) is 10.9 Å². The number of hydrogen-bond donors (Lipinski definition) is 0. The van der Waals surface area contributed by atoms with Gasteiger partial charge in [-0.1, -0.05) is 62.4 Å². The molecule has 0 N–H and O–H groups in total. The maximum atomic E-state index is 13.5. The zero-order valence-electron chi connectivity index (χ0n) is 16.5. The molecule has 0 aliphatic carbocycles. The second-order valence-corrected chi connectivity index (χ2v) is 8.81. The van der Waals surface area contributed by atoms with Crippen LogP contribution < -0.4 is 0 Å². The van der Waals surface area contributed by atoms with E-state index in [1.165, 1.54) is 11.1 Å². The molecule has 138 valence electrons. The Balaban J connectivity index is 1.78. The number of pyridine rings is 1. The van der Waals surface area contributed by atoms with Crippen molar-refractivity contribution in [3.63, 3.8) is 0 Å². The summed E-state index contributed by atoms with van der Waals surface area (Å²) in [6, 6.07) is 20.3. The molecular formula is C24H26N2O. The topological polar surface area (TPSA) is 33.2 Å². The van der Waals surface area contributed by atoms with Crippen LogP contribution in [0.5, 0.6) is 0 Å². The highest BCUT2D eigenvalue weighted by Gasteiger charge is 2.41. The number of carbonyl (C=O) groups excluding carboxylic acids is 1. The third-order valence-electron chi connectivity index (χ3n) is 5.74. The molecule has 0 atom stereocenters. The SMILES string of the molecule is CC1(C)CC(C)(C)N(C(=O)c2ccc3ccccc3n2)Cc2ccccc21. The summed E-state index contributed by atoms with van der Waals surface area (Å²) in [6.07, 6.45) is 0.899. The van der Waals surface area contributed by atoms with Crippen molar-refractivity contribution in [2.75, 3.05) is 0 Å². The number of hydrogen-bond acceptors (Lipinski definition) is 2. The third-order valence-corrected chi connectivity index (χ3v) is 5.74. The van der Waals surface area contributed by atoms with E-state index in [1.807, 2.05) is 41.3 Å². The fraction of sp³-hybridized carbons (Fsp3) is 0.333. The lowest BCUT2D eigenvalue weighted by Crippen LogP contribution is -2.48. The minimum absolute atomic E-state index is 0.00161. The number of carbonyl (C=O) groups is 1. The molecular weight excluding hydrogens is 332 g/mol. The van der Waals surface area contributed by atoms with E-state index in [4.69, 9.17) is 0 Å². The maximum absolute atomic E-state index is 13.5. The molecule has 1 aliphatic rings. The predicted octanol–water partition coefficient (Wildman–Crippen LogP) is 5.34. The van der Waals surface area contributed by atoms with Crippen LogP contribution in [-0.4, -0.2) is 21.3 Å². The van der Waals surface area contributed by atoms with E-state index >= 15 is 0 Å². The van der Waals surface area contributed by atoms with Gasteiger partial charge in [0, 0.05) is 17.5 Å². The van der Waals surface area contributed by atoms with E-state index in [1.54, 1.807) is 0 Å². The summed E-state index contributed by atoms with van der Waals surface area (Å²) in [4.78, 5) is 20.1. The Morgan fingerprint density at radius 2 is 1.63 bits per heavy atom. The van der Waals surface area contributed by atoms with Crippen molar-refractivity contribution < 1.29 is 4.79 Å². The molecule has 1 aromatic heterocycles. The number of aromatic nitrogens is 1. The van der Waals surface area contributed by atoms with E-state index in [-0.39, 0.29) is 16.9 Å². The summed E-state index contributed by atoms with van der Waals surface area (Å²) < 4.78 is 0. The van der Waals surface area contributed by atoms with Gasteiger partial charge in [-0.05, 0) is 48.9 Å². The smallest absolute Gasteiger partial charge is 0.273 e. The van der Waals surface area contributed by atoms with Crippen molar-refractivity contribution in [3.05, 3.63) is 77.5 Å². The minimum atomic E-state index is -0.271. The summed E-state index contributed by atoms with van der Waals surface area (Å²) in [5.41, 5.74) is 3.66. The number of amides is 1. The fourth-order valence-corrected chi connectivity index (χ4v) is 4.65. The summed E-state index contributed by atoms with van der Waals surface area (Å²) >= 11 is 0. The molecule has 0 unspecified atom stereocenters. The van der Waals surface area contributed by atoms with Crippen molar-refractivity contribution in [1.29, 1.82) is 0 Å². The summed E-state index contributed by atoms with van der Waals surface area (Å²) in [6.45, 7) is 9.49. The molecule has 3 heteroatoms. The third kappa shape index (κ3) is 3.12. The molecule has 2 heterocycles. The normalized spacial score (nSPS) is 18.0. The Morgan fingerprint density at radius 3 is 2.44 bits per heavy atom. The highest BCUT2D eigenvalue weighted by molar-refractivity contribution is 5.95. The molecule has 27 heavy (non-hydrogen) atoms. The summed E-state index contributed by atoms with van der Waals surface area (Å²) in [5, 5.41) is 1.05. The van der Waals surface area contributed by atoms with Crippen molar-refractivity contribution in [2.45, 2.75) is 51.6 Å². The standard InChI is InChI=1S/C24H26N2O/c1-23(2)16-24(3,4)26(15-18-10-5-7-11-19(18)23)22(27)21-14-13-17-9-6-8-12-20(17)25-21/h5-14H,15-16H2,1-4H3. The molecule has 0 bridgehead atoms. The van der Waals surface area contributed by atoms with Gasteiger partial charge in [0.05, 0.1) is 5.52 Å². The Bertz CT molecular complexity index is 1020. The highest BCUT2D eigenvalue weighted by atomic mass is 16.2. The monoisotopic (exact) mass is 358 g/mol. The van der Waals surface area contributed by atoms with Gasteiger partial charge in [0.15, 0.2) is 0 Å².